The highest BCUT2D eigenvalue weighted by molar-refractivity contribution is 7.92. The third kappa shape index (κ3) is 6.83. The predicted octanol–water partition coefficient (Wildman–Crippen LogP) is 1.33. The van der Waals surface area contributed by atoms with Crippen LogP contribution in [0.3, 0.4) is 0 Å². The molecule has 9 heteroatoms. The highest BCUT2D eigenvalue weighted by Gasteiger charge is 2.12. The van der Waals surface area contributed by atoms with Gasteiger partial charge in [-0.2, -0.15) is 0 Å². The summed E-state index contributed by atoms with van der Waals surface area (Å²) in [7, 11) is -1.89. The minimum absolute atomic E-state index is 0.0191. The molecule has 0 aromatic carbocycles. The smallest absolute Gasteiger partial charge is 0.303 e. The molecule has 0 unspecified atom stereocenters. The number of rotatable bonds is 10. The number of hydrogen-bond donors (Lipinski definition) is 2. The highest BCUT2D eigenvalue weighted by Crippen LogP contribution is 2.18. The lowest BCUT2D eigenvalue weighted by Crippen LogP contribution is -2.17. The van der Waals surface area contributed by atoms with E-state index in [9.17, 15) is 13.2 Å². The molecule has 0 bridgehead atoms. The van der Waals surface area contributed by atoms with Gasteiger partial charge in [0, 0.05) is 25.5 Å². The van der Waals surface area contributed by atoms with Crippen LogP contribution in [-0.2, 0) is 26.0 Å². The first kappa shape index (κ1) is 16.9. The Morgan fingerprint density at radius 2 is 2.25 bits per heavy atom. The summed E-state index contributed by atoms with van der Waals surface area (Å²) in [5.74, 6) is -0.867. The zero-order valence-electron chi connectivity index (χ0n) is 11.2. The van der Waals surface area contributed by atoms with E-state index in [1.807, 2.05) is 0 Å². The topological polar surface area (TPSA) is 106 Å². The monoisotopic (exact) mass is 322 g/mol. The molecule has 0 aliphatic carbocycles. The van der Waals surface area contributed by atoms with Gasteiger partial charge >= 0.3 is 5.97 Å². The molecule has 1 heterocycles. The number of aromatic nitrogens is 1. The molecule has 0 amide bonds. The number of aliphatic carboxylic acids is 1. The summed E-state index contributed by atoms with van der Waals surface area (Å²) < 4.78 is 30.6. The molecule has 1 rings (SSSR count). The molecule has 0 saturated carbocycles. The van der Waals surface area contributed by atoms with Crippen molar-refractivity contribution in [1.82, 2.24) is 4.98 Å². The molecule has 0 radical (unpaired) electrons. The van der Waals surface area contributed by atoms with E-state index in [0.717, 1.165) is 0 Å². The second kappa shape index (κ2) is 8.18. The van der Waals surface area contributed by atoms with E-state index in [1.54, 1.807) is 5.38 Å². The van der Waals surface area contributed by atoms with Gasteiger partial charge in [-0.3, -0.25) is 9.52 Å². The predicted molar refractivity (Wildman–Crippen MR) is 76.6 cm³/mol. The van der Waals surface area contributed by atoms with Crippen LogP contribution in [-0.4, -0.2) is 43.9 Å². The van der Waals surface area contributed by atoms with Gasteiger partial charge in [0.1, 0.15) is 0 Å². The molecule has 2 N–H and O–H groups in total. The number of thiazole rings is 1. The number of sulfonamides is 1. The molecule has 1 aromatic heterocycles. The van der Waals surface area contributed by atoms with E-state index < -0.39 is 16.0 Å². The quantitative estimate of drug-likeness (QED) is 0.630. The molecule has 20 heavy (non-hydrogen) atoms. The number of anilines is 1. The molecule has 0 aliphatic heterocycles. The van der Waals surface area contributed by atoms with Crippen molar-refractivity contribution in [3.05, 3.63) is 11.1 Å². The van der Waals surface area contributed by atoms with Crippen LogP contribution in [0.4, 0.5) is 5.13 Å². The maximum atomic E-state index is 11.7. The van der Waals surface area contributed by atoms with Crippen LogP contribution >= 0.6 is 11.3 Å². The average Bonchev–Trinajstić information content (AvgIpc) is 2.75. The van der Waals surface area contributed by atoms with Gasteiger partial charge in [0.15, 0.2) is 5.13 Å². The number of carbonyl (C=O) groups is 1. The van der Waals surface area contributed by atoms with Crippen molar-refractivity contribution in [2.24, 2.45) is 0 Å². The number of carboxylic acids is 1. The van der Waals surface area contributed by atoms with Crippen LogP contribution in [0.25, 0.3) is 0 Å². The Labute approximate surface area is 122 Å². The lowest BCUT2D eigenvalue weighted by molar-refractivity contribution is -0.137. The zero-order valence-corrected chi connectivity index (χ0v) is 12.8. The van der Waals surface area contributed by atoms with E-state index in [4.69, 9.17) is 9.84 Å². The number of nitrogens with one attached hydrogen (secondary N) is 1. The molecule has 0 saturated heterocycles. The fourth-order valence-electron chi connectivity index (χ4n) is 1.47. The molecule has 1 aromatic rings. The molecule has 0 aliphatic rings. The van der Waals surface area contributed by atoms with E-state index in [2.05, 4.69) is 9.71 Å². The lowest BCUT2D eigenvalue weighted by atomic mass is 10.2. The maximum absolute atomic E-state index is 11.7. The molecule has 0 atom stereocenters. The molecular weight excluding hydrogens is 304 g/mol. The molecule has 0 fully saturated rings. The highest BCUT2D eigenvalue weighted by atomic mass is 32.2. The standard InChI is InChI=1S/C11H18N2O5S2/c1-18-6-3-7-20(16,17)13-11-12-9(8-19-11)4-2-5-10(14)15/h8H,2-7H2,1H3,(H,12,13)(H,14,15). The second-order valence-electron chi connectivity index (χ2n) is 4.16. The Morgan fingerprint density at radius 3 is 2.90 bits per heavy atom. The van der Waals surface area contributed by atoms with Crippen molar-refractivity contribution in [3.63, 3.8) is 0 Å². The van der Waals surface area contributed by atoms with Crippen molar-refractivity contribution in [1.29, 1.82) is 0 Å². The third-order valence-electron chi connectivity index (χ3n) is 2.38. The van der Waals surface area contributed by atoms with Gasteiger partial charge in [0.05, 0.1) is 11.4 Å². The fourth-order valence-corrected chi connectivity index (χ4v) is 3.54. The first-order valence-electron chi connectivity index (χ1n) is 6.08. The SMILES string of the molecule is COCCCS(=O)(=O)Nc1nc(CCCC(=O)O)cs1. The molecular formula is C11H18N2O5S2. The Morgan fingerprint density at radius 1 is 1.50 bits per heavy atom. The van der Waals surface area contributed by atoms with Gasteiger partial charge in [-0.05, 0) is 19.3 Å². The van der Waals surface area contributed by atoms with E-state index in [0.29, 0.717) is 36.7 Å². The average molecular weight is 322 g/mol. The third-order valence-corrected chi connectivity index (χ3v) is 4.65. The van der Waals surface area contributed by atoms with Gasteiger partial charge in [-0.1, -0.05) is 0 Å². The summed E-state index contributed by atoms with van der Waals surface area (Å²) in [6.45, 7) is 0.388. The molecule has 7 nitrogen and oxygen atoms in total. The normalized spacial score (nSPS) is 11.4. The van der Waals surface area contributed by atoms with E-state index in [1.165, 1.54) is 18.4 Å². The number of carboxylic acid groups (broad SMARTS) is 1. The number of methoxy groups -OCH3 is 1. The van der Waals surface area contributed by atoms with Gasteiger partial charge in [-0.25, -0.2) is 13.4 Å². The number of nitrogens with zero attached hydrogens (tertiary/aromatic N) is 1. The van der Waals surface area contributed by atoms with Crippen molar-refractivity contribution in [2.45, 2.75) is 25.7 Å². The summed E-state index contributed by atoms with van der Waals surface area (Å²) >= 11 is 1.19. The summed E-state index contributed by atoms with van der Waals surface area (Å²) in [5.41, 5.74) is 0.700. The maximum Gasteiger partial charge on any atom is 0.303 e. The van der Waals surface area contributed by atoms with E-state index >= 15 is 0 Å². The van der Waals surface area contributed by atoms with Crippen LogP contribution in [0.15, 0.2) is 5.38 Å². The van der Waals surface area contributed by atoms with Crippen molar-refractivity contribution < 1.29 is 23.1 Å². The first-order valence-corrected chi connectivity index (χ1v) is 8.62. The number of hydrogen-bond acceptors (Lipinski definition) is 6. The fraction of sp³-hybridized carbons (Fsp3) is 0.636. The van der Waals surface area contributed by atoms with Gasteiger partial charge in [0.25, 0.3) is 0 Å². The van der Waals surface area contributed by atoms with Crippen molar-refractivity contribution in [2.75, 3.05) is 24.2 Å². The van der Waals surface area contributed by atoms with Crippen molar-refractivity contribution >= 4 is 32.5 Å². The Hall–Kier alpha value is -1.19. The summed E-state index contributed by atoms with van der Waals surface area (Å²) in [6, 6.07) is 0. The van der Waals surface area contributed by atoms with Crippen LogP contribution in [0.2, 0.25) is 0 Å². The largest absolute Gasteiger partial charge is 0.481 e. The van der Waals surface area contributed by atoms with Gasteiger partial charge in [0.2, 0.25) is 10.0 Å². The summed E-state index contributed by atoms with van der Waals surface area (Å²) in [5, 5.41) is 10.6. The van der Waals surface area contributed by atoms with Crippen LogP contribution in [0, 0.1) is 0 Å². The minimum Gasteiger partial charge on any atom is -0.481 e. The van der Waals surface area contributed by atoms with Gasteiger partial charge in [-0.15, -0.1) is 11.3 Å². The summed E-state index contributed by atoms with van der Waals surface area (Å²) in [4.78, 5) is 14.5. The Bertz CT molecular complexity index is 527. The first-order chi connectivity index (χ1) is 9.43. The minimum atomic E-state index is -3.40. The molecule has 114 valence electrons. The Balaban J connectivity index is 2.44. The number of aryl methyl sites for hydroxylation is 1. The second-order valence-corrected chi connectivity index (χ2v) is 6.86. The number of ether oxygens (including phenoxy) is 1. The zero-order chi connectivity index (χ0) is 15.0. The van der Waals surface area contributed by atoms with E-state index in [-0.39, 0.29) is 12.2 Å². The Kier molecular flexibility index (Phi) is 6.89. The lowest BCUT2D eigenvalue weighted by Gasteiger charge is -2.04. The van der Waals surface area contributed by atoms with Crippen molar-refractivity contribution in [3.8, 4) is 0 Å². The summed E-state index contributed by atoms with van der Waals surface area (Å²) in [6.07, 6.45) is 1.51. The van der Waals surface area contributed by atoms with Crippen LogP contribution < -0.4 is 4.72 Å². The van der Waals surface area contributed by atoms with Gasteiger partial charge < -0.3 is 9.84 Å². The van der Waals surface area contributed by atoms with Crippen LogP contribution in [0.1, 0.15) is 25.0 Å². The molecule has 0 spiro atoms. The van der Waals surface area contributed by atoms with Crippen LogP contribution in [0.5, 0.6) is 0 Å².